The number of benzene rings is 1. The highest BCUT2D eigenvalue weighted by Gasteiger charge is 2.18. The molecule has 4 N–H and O–H groups in total. The van der Waals surface area contributed by atoms with Gasteiger partial charge in [0, 0.05) is 0 Å². The molecule has 0 heterocycles. The van der Waals surface area contributed by atoms with E-state index < -0.39 is 23.2 Å². The van der Waals surface area contributed by atoms with Gasteiger partial charge in [-0.1, -0.05) is 0 Å². The number of phenols is 3. The first kappa shape index (κ1) is 9.90. The molecule has 1 rings (SSSR count). The van der Waals surface area contributed by atoms with Gasteiger partial charge in [0.1, 0.15) is 0 Å². The zero-order chi connectivity index (χ0) is 10.2. The summed E-state index contributed by atoms with van der Waals surface area (Å²) in [6.07, 6.45) is 0. The highest BCUT2D eigenvalue weighted by atomic mass is 127. The highest BCUT2D eigenvalue weighted by molar-refractivity contribution is 14.1. The summed E-state index contributed by atoms with van der Waals surface area (Å²) in [4.78, 5) is 10.5. The second kappa shape index (κ2) is 3.29. The standard InChI is InChI=1S/C7H5IO5/c8-4-2(7(12)13)1-3(9)5(10)6(4)11/h1,9-11H,(H,12,13). The van der Waals surface area contributed by atoms with E-state index in [4.69, 9.17) is 20.4 Å². The van der Waals surface area contributed by atoms with Crippen molar-refractivity contribution in [1.29, 1.82) is 0 Å². The lowest BCUT2D eigenvalue weighted by Gasteiger charge is -2.05. The summed E-state index contributed by atoms with van der Waals surface area (Å²) in [7, 11) is 0. The first-order valence-corrected chi connectivity index (χ1v) is 4.19. The molecule has 13 heavy (non-hydrogen) atoms. The van der Waals surface area contributed by atoms with Crippen LogP contribution in [-0.4, -0.2) is 26.4 Å². The lowest BCUT2D eigenvalue weighted by molar-refractivity contribution is 0.0694. The Bertz CT molecular complexity index is 374. The fourth-order valence-corrected chi connectivity index (χ4v) is 1.42. The minimum atomic E-state index is -1.28. The van der Waals surface area contributed by atoms with Gasteiger partial charge in [-0.2, -0.15) is 0 Å². The van der Waals surface area contributed by atoms with Crippen LogP contribution >= 0.6 is 22.6 Å². The molecule has 0 amide bonds. The van der Waals surface area contributed by atoms with Gasteiger partial charge in [0.2, 0.25) is 5.75 Å². The Labute approximate surface area is 86.4 Å². The first-order chi connectivity index (χ1) is 5.95. The predicted octanol–water partition coefficient (Wildman–Crippen LogP) is 1.11. The van der Waals surface area contributed by atoms with Crippen LogP contribution in [0.15, 0.2) is 6.07 Å². The second-order valence-corrected chi connectivity index (χ2v) is 3.34. The van der Waals surface area contributed by atoms with Crippen molar-refractivity contribution in [2.45, 2.75) is 0 Å². The number of halogens is 1. The summed E-state index contributed by atoms with van der Waals surface area (Å²) < 4.78 is -0.0135. The Morgan fingerprint density at radius 3 is 2.23 bits per heavy atom. The smallest absolute Gasteiger partial charge is 0.337 e. The highest BCUT2D eigenvalue weighted by Crippen LogP contribution is 2.39. The Hall–Kier alpha value is -1.18. The van der Waals surface area contributed by atoms with Crippen LogP contribution in [-0.2, 0) is 0 Å². The van der Waals surface area contributed by atoms with Crippen molar-refractivity contribution in [3.8, 4) is 17.2 Å². The third kappa shape index (κ3) is 1.62. The normalized spacial score (nSPS) is 9.92. The van der Waals surface area contributed by atoms with E-state index in [1.165, 1.54) is 0 Å². The predicted molar refractivity (Wildman–Crippen MR) is 51.1 cm³/mol. The Morgan fingerprint density at radius 1 is 1.23 bits per heavy atom. The van der Waals surface area contributed by atoms with Crippen LogP contribution in [0.4, 0.5) is 0 Å². The minimum Gasteiger partial charge on any atom is -0.504 e. The summed E-state index contributed by atoms with van der Waals surface area (Å²) in [5, 5.41) is 35.7. The molecule has 1 aromatic rings. The lowest BCUT2D eigenvalue weighted by atomic mass is 10.2. The molecule has 0 fully saturated rings. The second-order valence-electron chi connectivity index (χ2n) is 2.26. The molecule has 5 nitrogen and oxygen atoms in total. The van der Waals surface area contributed by atoms with Crippen LogP contribution in [0.3, 0.4) is 0 Å². The number of carbonyl (C=O) groups is 1. The van der Waals surface area contributed by atoms with Crippen LogP contribution in [0.1, 0.15) is 10.4 Å². The topological polar surface area (TPSA) is 98.0 Å². The number of hydrogen-bond acceptors (Lipinski definition) is 4. The molecule has 0 aliphatic rings. The van der Waals surface area contributed by atoms with E-state index in [1.54, 1.807) is 22.6 Å². The maximum absolute atomic E-state index is 10.5. The number of aromatic hydroxyl groups is 3. The fourth-order valence-electron chi connectivity index (χ4n) is 0.777. The van der Waals surface area contributed by atoms with Gasteiger partial charge in [0.05, 0.1) is 9.13 Å². The molecule has 0 saturated carbocycles. The average Bonchev–Trinajstić information content (AvgIpc) is 2.07. The van der Waals surface area contributed by atoms with Crippen molar-refractivity contribution in [2.24, 2.45) is 0 Å². The van der Waals surface area contributed by atoms with Crippen LogP contribution in [0, 0.1) is 3.57 Å². The van der Waals surface area contributed by atoms with E-state index in [9.17, 15) is 4.79 Å². The Kier molecular flexibility index (Phi) is 2.50. The molecule has 0 spiro atoms. The quantitative estimate of drug-likeness (QED) is 0.459. The summed E-state index contributed by atoms with van der Waals surface area (Å²) >= 11 is 1.56. The average molecular weight is 296 g/mol. The van der Waals surface area contributed by atoms with E-state index >= 15 is 0 Å². The Morgan fingerprint density at radius 2 is 1.77 bits per heavy atom. The van der Waals surface area contributed by atoms with Crippen molar-refractivity contribution < 1.29 is 25.2 Å². The van der Waals surface area contributed by atoms with Gasteiger partial charge >= 0.3 is 5.97 Å². The molecule has 0 atom stereocenters. The van der Waals surface area contributed by atoms with Crippen molar-refractivity contribution in [3.05, 3.63) is 15.2 Å². The van der Waals surface area contributed by atoms with Gasteiger partial charge in [-0.25, -0.2) is 4.79 Å². The molecule has 0 bridgehead atoms. The first-order valence-electron chi connectivity index (χ1n) is 3.11. The van der Waals surface area contributed by atoms with Crippen molar-refractivity contribution in [2.75, 3.05) is 0 Å². The van der Waals surface area contributed by atoms with Crippen LogP contribution in [0.2, 0.25) is 0 Å². The van der Waals surface area contributed by atoms with Crippen molar-refractivity contribution >= 4 is 28.6 Å². The van der Waals surface area contributed by atoms with Crippen LogP contribution in [0.5, 0.6) is 17.2 Å². The van der Waals surface area contributed by atoms with Gasteiger partial charge < -0.3 is 20.4 Å². The number of rotatable bonds is 1. The molecule has 6 heteroatoms. The fraction of sp³-hybridized carbons (Fsp3) is 0. The third-order valence-corrected chi connectivity index (χ3v) is 2.51. The molecule has 0 aliphatic heterocycles. The largest absolute Gasteiger partial charge is 0.504 e. The molecule has 0 saturated heterocycles. The SMILES string of the molecule is O=C(O)c1cc(O)c(O)c(O)c1I. The van der Waals surface area contributed by atoms with E-state index in [0.29, 0.717) is 0 Å². The van der Waals surface area contributed by atoms with Crippen LogP contribution in [0.25, 0.3) is 0 Å². The van der Waals surface area contributed by atoms with Gasteiger partial charge in [-0.15, -0.1) is 0 Å². The van der Waals surface area contributed by atoms with Crippen LogP contribution < -0.4 is 0 Å². The number of carboxylic acids is 1. The molecule has 0 unspecified atom stereocenters. The van der Waals surface area contributed by atoms with E-state index in [2.05, 4.69) is 0 Å². The van der Waals surface area contributed by atoms with Gasteiger partial charge in [0.15, 0.2) is 11.5 Å². The molecule has 0 aromatic heterocycles. The molecule has 70 valence electrons. The molecule has 0 radical (unpaired) electrons. The number of aromatic carboxylic acids is 1. The lowest BCUT2D eigenvalue weighted by Crippen LogP contribution is -1.99. The summed E-state index contributed by atoms with van der Waals surface area (Å²) in [5.41, 5.74) is -0.256. The van der Waals surface area contributed by atoms with E-state index in [0.717, 1.165) is 6.07 Å². The molecular formula is C7H5IO5. The number of phenolic OH excluding ortho intramolecular Hbond substituents is 3. The maximum atomic E-state index is 10.5. The van der Waals surface area contributed by atoms with Gasteiger partial charge in [-0.3, -0.25) is 0 Å². The van der Waals surface area contributed by atoms with Gasteiger partial charge in [-0.05, 0) is 28.7 Å². The monoisotopic (exact) mass is 296 g/mol. The minimum absolute atomic E-state index is 0.0135. The summed E-state index contributed by atoms with van der Waals surface area (Å²) in [6.45, 7) is 0. The van der Waals surface area contributed by atoms with E-state index in [-0.39, 0.29) is 9.13 Å². The van der Waals surface area contributed by atoms with Crippen molar-refractivity contribution in [3.63, 3.8) is 0 Å². The number of carboxylic acid groups (broad SMARTS) is 1. The zero-order valence-corrected chi connectivity index (χ0v) is 8.31. The van der Waals surface area contributed by atoms with Gasteiger partial charge in [0.25, 0.3) is 0 Å². The van der Waals surface area contributed by atoms with E-state index in [1.807, 2.05) is 0 Å². The number of hydrogen-bond donors (Lipinski definition) is 4. The summed E-state index contributed by atoms with van der Waals surface area (Å²) in [6, 6.07) is 0.874. The molecule has 1 aromatic carbocycles. The maximum Gasteiger partial charge on any atom is 0.337 e. The third-order valence-electron chi connectivity index (χ3n) is 1.42. The molecular weight excluding hydrogens is 291 g/mol. The van der Waals surface area contributed by atoms with Crippen molar-refractivity contribution in [1.82, 2.24) is 0 Å². The Balaban J connectivity index is 3.50. The summed E-state index contributed by atoms with van der Waals surface area (Å²) in [5.74, 6) is -3.28. The molecule has 0 aliphatic carbocycles. The zero-order valence-electron chi connectivity index (χ0n) is 6.15.